The van der Waals surface area contributed by atoms with Crippen molar-refractivity contribution in [2.75, 3.05) is 25.0 Å². The number of nitrogens with one attached hydrogen (secondary N) is 1. The Hall–Kier alpha value is -1.16. The molecule has 1 heterocycles. The molecule has 18 heavy (non-hydrogen) atoms. The summed E-state index contributed by atoms with van der Waals surface area (Å²) in [6, 6.07) is 0. The van der Waals surface area contributed by atoms with Gasteiger partial charge in [0, 0.05) is 37.6 Å². The van der Waals surface area contributed by atoms with Crippen LogP contribution in [0.25, 0.3) is 0 Å². The highest BCUT2D eigenvalue weighted by Gasteiger charge is 2.30. The lowest BCUT2D eigenvalue weighted by molar-refractivity contribution is 0.660. The van der Waals surface area contributed by atoms with Crippen LogP contribution in [0.2, 0.25) is 0 Å². The van der Waals surface area contributed by atoms with Crippen LogP contribution in [0.15, 0.2) is 12.4 Å². The number of rotatable bonds is 7. The zero-order valence-corrected chi connectivity index (χ0v) is 11.1. The Bertz CT molecular complexity index is 367. The molecule has 0 aliphatic heterocycles. The van der Waals surface area contributed by atoms with Crippen molar-refractivity contribution < 1.29 is 0 Å². The third-order valence-electron chi connectivity index (χ3n) is 3.71. The van der Waals surface area contributed by atoms with E-state index < -0.39 is 0 Å². The van der Waals surface area contributed by atoms with Crippen molar-refractivity contribution in [3.63, 3.8) is 0 Å². The number of nitrogens with zero attached hydrogens (tertiary/aromatic N) is 3. The van der Waals surface area contributed by atoms with E-state index in [4.69, 9.17) is 0 Å². The summed E-state index contributed by atoms with van der Waals surface area (Å²) < 4.78 is 0. The minimum Gasteiger partial charge on any atom is -0.340 e. The molecule has 2 fully saturated rings. The molecule has 4 heteroatoms. The first kappa shape index (κ1) is 11.9. The monoisotopic (exact) mass is 246 g/mol. The molecule has 0 saturated heterocycles. The summed E-state index contributed by atoms with van der Waals surface area (Å²) >= 11 is 0. The second-order valence-corrected chi connectivity index (χ2v) is 5.71. The van der Waals surface area contributed by atoms with Crippen LogP contribution in [0.1, 0.15) is 31.2 Å². The molecule has 1 aromatic rings. The summed E-state index contributed by atoms with van der Waals surface area (Å²) in [6.07, 6.45) is 9.45. The van der Waals surface area contributed by atoms with Gasteiger partial charge < -0.3 is 10.2 Å². The molecule has 0 bridgehead atoms. The fourth-order valence-corrected chi connectivity index (χ4v) is 2.27. The van der Waals surface area contributed by atoms with E-state index in [9.17, 15) is 0 Å². The quantitative estimate of drug-likeness (QED) is 0.797. The van der Waals surface area contributed by atoms with E-state index in [1.54, 1.807) is 0 Å². The number of hydrogen-bond donors (Lipinski definition) is 1. The lowest BCUT2D eigenvalue weighted by atomic mass is 10.3. The van der Waals surface area contributed by atoms with Gasteiger partial charge in [0.2, 0.25) is 5.95 Å². The Morgan fingerprint density at radius 1 is 1.11 bits per heavy atom. The minimum absolute atomic E-state index is 0.839. The van der Waals surface area contributed by atoms with Crippen LogP contribution >= 0.6 is 0 Å². The molecule has 2 saturated carbocycles. The van der Waals surface area contributed by atoms with Gasteiger partial charge in [0.05, 0.1) is 0 Å². The summed E-state index contributed by atoms with van der Waals surface area (Å²) in [5.41, 5.74) is 1.15. The maximum Gasteiger partial charge on any atom is 0.225 e. The molecular weight excluding hydrogens is 224 g/mol. The standard InChI is InChI=1S/C14H22N4/c1-15-6-13-7-16-14(17-8-13)18(9-11-2-3-11)10-12-4-5-12/h7-8,11-12,15H,2-6,9-10H2,1H3. The molecule has 1 aromatic heterocycles. The smallest absolute Gasteiger partial charge is 0.225 e. The van der Waals surface area contributed by atoms with Crippen molar-refractivity contribution in [1.29, 1.82) is 0 Å². The fraction of sp³-hybridized carbons (Fsp3) is 0.714. The van der Waals surface area contributed by atoms with Gasteiger partial charge in [0.15, 0.2) is 0 Å². The van der Waals surface area contributed by atoms with Gasteiger partial charge >= 0.3 is 0 Å². The summed E-state index contributed by atoms with van der Waals surface area (Å²) in [5, 5.41) is 3.12. The summed E-state index contributed by atoms with van der Waals surface area (Å²) in [4.78, 5) is 11.5. The lowest BCUT2D eigenvalue weighted by Crippen LogP contribution is -2.29. The Morgan fingerprint density at radius 2 is 1.67 bits per heavy atom. The van der Waals surface area contributed by atoms with E-state index in [0.29, 0.717) is 0 Å². The Balaban J connectivity index is 1.66. The van der Waals surface area contributed by atoms with Gasteiger partial charge in [0.1, 0.15) is 0 Å². The number of anilines is 1. The molecular formula is C14H22N4. The number of hydrogen-bond acceptors (Lipinski definition) is 4. The van der Waals surface area contributed by atoms with Gasteiger partial charge in [-0.1, -0.05) is 0 Å². The van der Waals surface area contributed by atoms with E-state index >= 15 is 0 Å². The highest BCUT2D eigenvalue weighted by atomic mass is 15.3. The third-order valence-corrected chi connectivity index (χ3v) is 3.71. The van der Waals surface area contributed by atoms with Gasteiger partial charge in [-0.05, 0) is 44.6 Å². The average molecular weight is 246 g/mol. The van der Waals surface area contributed by atoms with Crippen molar-refractivity contribution in [2.24, 2.45) is 11.8 Å². The van der Waals surface area contributed by atoms with Gasteiger partial charge in [-0.25, -0.2) is 9.97 Å². The van der Waals surface area contributed by atoms with Gasteiger partial charge in [0.25, 0.3) is 0 Å². The molecule has 4 nitrogen and oxygen atoms in total. The Kier molecular flexibility index (Phi) is 3.46. The van der Waals surface area contributed by atoms with E-state index in [-0.39, 0.29) is 0 Å². The van der Waals surface area contributed by atoms with Crippen molar-refractivity contribution in [1.82, 2.24) is 15.3 Å². The van der Waals surface area contributed by atoms with Crippen LogP contribution in [0, 0.1) is 11.8 Å². The predicted molar refractivity (Wildman–Crippen MR) is 72.5 cm³/mol. The van der Waals surface area contributed by atoms with Crippen LogP contribution in [0.4, 0.5) is 5.95 Å². The molecule has 98 valence electrons. The van der Waals surface area contributed by atoms with Crippen molar-refractivity contribution in [2.45, 2.75) is 32.2 Å². The maximum atomic E-state index is 4.53. The van der Waals surface area contributed by atoms with Crippen molar-refractivity contribution >= 4 is 5.95 Å². The van der Waals surface area contributed by atoms with Gasteiger partial charge in [-0.3, -0.25) is 0 Å². The normalized spacial score (nSPS) is 18.9. The molecule has 1 N–H and O–H groups in total. The van der Waals surface area contributed by atoms with Crippen LogP contribution in [0.5, 0.6) is 0 Å². The lowest BCUT2D eigenvalue weighted by Gasteiger charge is -2.22. The molecule has 0 spiro atoms. The van der Waals surface area contributed by atoms with E-state index in [1.165, 1.54) is 25.7 Å². The summed E-state index contributed by atoms with van der Waals surface area (Å²) in [6.45, 7) is 3.15. The second-order valence-electron chi connectivity index (χ2n) is 5.71. The maximum absolute atomic E-state index is 4.53. The van der Waals surface area contributed by atoms with Crippen LogP contribution in [-0.2, 0) is 6.54 Å². The molecule has 0 amide bonds. The van der Waals surface area contributed by atoms with E-state index in [2.05, 4.69) is 20.2 Å². The van der Waals surface area contributed by atoms with Gasteiger partial charge in [-0.15, -0.1) is 0 Å². The van der Waals surface area contributed by atoms with Crippen LogP contribution in [-0.4, -0.2) is 30.1 Å². The van der Waals surface area contributed by atoms with Crippen molar-refractivity contribution in [3.05, 3.63) is 18.0 Å². The SMILES string of the molecule is CNCc1cnc(N(CC2CC2)CC2CC2)nc1. The summed E-state index contributed by atoms with van der Waals surface area (Å²) in [7, 11) is 1.94. The van der Waals surface area contributed by atoms with E-state index in [0.717, 1.165) is 43.0 Å². The first-order chi connectivity index (χ1) is 8.85. The molecule has 2 aliphatic carbocycles. The molecule has 3 rings (SSSR count). The minimum atomic E-state index is 0.839. The molecule has 2 aliphatic rings. The highest BCUT2D eigenvalue weighted by molar-refractivity contribution is 5.31. The summed E-state index contributed by atoms with van der Waals surface area (Å²) in [5.74, 6) is 2.71. The van der Waals surface area contributed by atoms with Crippen LogP contribution in [0.3, 0.4) is 0 Å². The zero-order chi connectivity index (χ0) is 12.4. The van der Waals surface area contributed by atoms with Gasteiger partial charge in [-0.2, -0.15) is 0 Å². The first-order valence-corrected chi connectivity index (χ1v) is 7.05. The Labute approximate surface area is 109 Å². The molecule has 0 atom stereocenters. The predicted octanol–water partition coefficient (Wildman–Crippen LogP) is 1.82. The first-order valence-electron chi connectivity index (χ1n) is 7.05. The fourth-order valence-electron chi connectivity index (χ4n) is 2.27. The molecule has 0 radical (unpaired) electrons. The Morgan fingerprint density at radius 3 is 2.11 bits per heavy atom. The number of aromatic nitrogens is 2. The largest absolute Gasteiger partial charge is 0.340 e. The van der Waals surface area contributed by atoms with E-state index in [1.807, 2.05) is 19.4 Å². The second kappa shape index (κ2) is 5.22. The zero-order valence-electron chi connectivity index (χ0n) is 11.1. The highest BCUT2D eigenvalue weighted by Crippen LogP contribution is 2.34. The van der Waals surface area contributed by atoms with Crippen molar-refractivity contribution in [3.8, 4) is 0 Å². The average Bonchev–Trinajstić information content (AvgIpc) is 3.25. The molecule has 0 aromatic carbocycles. The van der Waals surface area contributed by atoms with Crippen LogP contribution < -0.4 is 10.2 Å². The third kappa shape index (κ3) is 3.19. The topological polar surface area (TPSA) is 41.1 Å². The molecule has 0 unspecified atom stereocenters.